The van der Waals surface area contributed by atoms with Crippen LogP contribution in [0.25, 0.3) is 22.3 Å². The molecule has 0 saturated heterocycles. The van der Waals surface area contributed by atoms with Gasteiger partial charge in [-0.15, -0.1) is 0 Å². The Morgan fingerprint density at radius 1 is 1.17 bits per heavy atom. The first-order valence-electron chi connectivity index (χ1n) is 8.52. The first-order chi connectivity index (χ1) is 11.8. The van der Waals surface area contributed by atoms with Crippen molar-refractivity contribution < 1.29 is 9.32 Å². The molecule has 2 N–H and O–H groups in total. The van der Waals surface area contributed by atoms with Crippen molar-refractivity contribution in [3.05, 3.63) is 36.4 Å². The summed E-state index contributed by atoms with van der Waals surface area (Å²) in [5.74, 6) is 0.191. The Hall–Kier alpha value is -2.63. The fourth-order valence-corrected chi connectivity index (χ4v) is 3.30. The maximum absolute atomic E-state index is 12.3. The lowest BCUT2D eigenvalue weighted by molar-refractivity contribution is 0.0889. The summed E-state index contributed by atoms with van der Waals surface area (Å²) in [6.45, 7) is 0. The molecule has 2 aromatic heterocycles. The molecule has 0 radical (unpaired) electrons. The minimum atomic E-state index is -0.275. The molecule has 3 aromatic rings. The SMILES string of the molecule is O=C(NC1CCCCCC1)c1nc(-c2ccc3[nH]ccc3c2)no1. The second-order valence-electron chi connectivity index (χ2n) is 6.36. The summed E-state index contributed by atoms with van der Waals surface area (Å²) in [6.07, 6.45) is 8.76. The van der Waals surface area contributed by atoms with E-state index in [1.807, 2.05) is 30.5 Å². The van der Waals surface area contributed by atoms with Gasteiger partial charge in [-0.25, -0.2) is 0 Å². The Labute approximate surface area is 139 Å². The van der Waals surface area contributed by atoms with E-state index in [9.17, 15) is 4.79 Å². The summed E-state index contributed by atoms with van der Waals surface area (Å²) >= 11 is 0. The Kier molecular flexibility index (Phi) is 4.02. The van der Waals surface area contributed by atoms with Gasteiger partial charge in [-0.3, -0.25) is 4.79 Å². The van der Waals surface area contributed by atoms with E-state index in [-0.39, 0.29) is 17.8 Å². The maximum atomic E-state index is 12.3. The number of H-pyrrole nitrogens is 1. The quantitative estimate of drug-likeness (QED) is 0.720. The van der Waals surface area contributed by atoms with Crippen molar-refractivity contribution in [2.45, 2.75) is 44.6 Å². The highest BCUT2D eigenvalue weighted by Gasteiger charge is 2.20. The van der Waals surface area contributed by atoms with Crippen molar-refractivity contribution >= 4 is 16.8 Å². The molecule has 1 fully saturated rings. The van der Waals surface area contributed by atoms with Crippen LogP contribution in [0.3, 0.4) is 0 Å². The summed E-state index contributed by atoms with van der Waals surface area (Å²) in [5, 5.41) is 8.05. The van der Waals surface area contributed by atoms with Crippen molar-refractivity contribution in [3.63, 3.8) is 0 Å². The highest BCUT2D eigenvalue weighted by atomic mass is 16.5. The number of aromatic nitrogens is 3. The molecule has 4 rings (SSSR count). The molecule has 1 aliphatic carbocycles. The van der Waals surface area contributed by atoms with Crippen molar-refractivity contribution in [1.82, 2.24) is 20.4 Å². The Morgan fingerprint density at radius 2 is 2.00 bits per heavy atom. The molecule has 2 heterocycles. The van der Waals surface area contributed by atoms with Gasteiger partial charge >= 0.3 is 11.8 Å². The van der Waals surface area contributed by atoms with Crippen molar-refractivity contribution in [2.24, 2.45) is 0 Å². The second kappa shape index (κ2) is 6.47. The number of nitrogens with one attached hydrogen (secondary N) is 2. The monoisotopic (exact) mass is 324 g/mol. The molecule has 1 aliphatic rings. The number of nitrogens with zero attached hydrogens (tertiary/aromatic N) is 2. The van der Waals surface area contributed by atoms with E-state index < -0.39 is 0 Å². The molecule has 0 spiro atoms. The van der Waals surface area contributed by atoms with E-state index in [2.05, 4.69) is 20.4 Å². The minimum absolute atomic E-state index is 0.0309. The van der Waals surface area contributed by atoms with Gasteiger partial charge in [0.2, 0.25) is 5.82 Å². The molecular formula is C18H20N4O2. The zero-order valence-electron chi connectivity index (χ0n) is 13.4. The van der Waals surface area contributed by atoms with Gasteiger partial charge in [-0.05, 0) is 37.1 Å². The lowest BCUT2D eigenvalue weighted by atomic mass is 10.1. The molecule has 1 saturated carbocycles. The number of amides is 1. The lowest BCUT2D eigenvalue weighted by Crippen LogP contribution is -2.34. The zero-order chi connectivity index (χ0) is 16.4. The van der Waals surface area contributed by atoms with Crippen molar-refractivity contribution in [1.29, 1.82) is 0 Å². The largest absolute Gasteiger partial charge is 0.361 e. The number of hydrogen-bond donors (Lipinski definition) is 2. The molecule has 1 aromatic carbocycles. The van der Waals surface area contributed by atoms with Gasteiger partial charge in [0.1, 0.15) is 0 Å². The molecule has 1 amide bonds. The third-order valence-corrected chi connectivity index (χ3v) is 4.62. The topological polar surface area (TPSA) is 83.8 Å². The van der Waals surface area contributed by atoms with Crippen LogP contribution >= 0.6 is 0 Å². The van der Waals surface area contributed by atoms with Crippen LogP contribution in [0.1, 0.15) is 49.2 Å². The average Bonchev–Trinajstić information content (AvgIpc) is 3.19. The number of aromatic amines is 1. The van der Waals surface area contributed by atoms with Gasteiger partial charge in [0.05, 0.1) is 0 Å². The number of hydrogen-bond acceptors (Lipinski definition) is 4. The summed E-state index contributed by atoms with van der Waals surface area (Å²) in [7, 11) is 0. The highest BCUT2D eigenvalue weighted by Crippen LogP contribution is 2.22. The highest BCUT2D eigenvalue weighted by molar-refractivity contribution is 5.90. The molecular weight excluding hydrogens is 304 g/mol. The van der Waals surface area contributed by atoms with Gasteiger partial charge in [0, 0.05) is 28.7 Å². The minimum Gasteiger partial charge on any atom is -0.361 e. The standard InChI is InChI=1S/C18H20N4O2/c23-17(20-14-5-3-1-2-4-6-14)18-21-16(22-24-18)13-7-8-15-12(11-13)9-10-19-15/h7-11,14,19H,1-6H2,(H,20,23). The molecule has 6 nitrogen and oxygen atoms in total. The van der Waals surface area contributed by atoms with Crippen molar-refractivity contribution in [3.8, 4) is 11.4 Å². The smallest absolute Gasteiger partial charge is 0.316 e. The van der Waals surface area contributed by atoms with Crippen LogP contribution in [-0.4, -0.2) is 27.1 Å². The molecule has 0 aliphatic heterocycles. The normalized spacial score (nSPS) is 16.2. The number of carbonyl (C=O) groups excluding carboxylic acids is 1. The molecule has 0 bridgehead atoms. The van der Waals surface area contributed by atoms with Gasteiger partial charge in [0.15, 0.2) is 0 Å². The van der Waals surface area contributed by atoms with E-state index >= 15 is 0 Å². The van der Waals surface area contributed by atoms with E-state index in [0.717, 1.165) is 42.1 Å². The average molecular weight is 324 g/mol. The van der Waals surface area contributed by atoms with Crippen LogP contribution in [0.15, 0.2) is 35.0 Å². The van der Waals surface area contributed by atoms with Crippen LogP contribution in [0.2, 0.25) is 0 Å². The number of benzene rings is 1. The van der Waals surface area contributed by atoms with Crippen molar-refractivity contribution in [2.75, 3.05) is 0 Å². The zero-order valence-corrected chi connectivity index (χ0v) is 13.4. The Bertz CT molecular complexity index is 843. The third-order valence-electron chi connectivity index (χ3n) is 4.62. The fourth-order valence-electron chi connectivity index (χ4n) is 3.30. The molecule has 6 heteroatoms. The van der Waals surface area contributed by atoms with Gasteiger partial charge in [-0.1, -0.05) is 30.8 Å². The third kappa shape index (κ3) is 3.04. The van der Waals surface area contributed by atoms with E-state index in [0.29, 0.717) is 5.82 Å². The first-order valence-corrected chi connectivity index (χ1v) is 8.52. The number of rotatable bonds is 3. The summed E-state index contributed by atoms with van der Waals surface area (Å²) in [6, 6.07) is 8.05. The van der Waals surface area contributed by atoms with E-state index in [4.69, 9.17) is 4.52 Å². The molecule has 24 heavy (non-hydrogen) atoms. The lowest BCUT2D eigenvalue weighted by Gasteiger charge is -2.14. The number of fused-ring (bicyclic) bond motifs is 1. The van der Waals surface area contributed by atoms with Crippen LogP contribution < -0.4 is 5.32 Å². The maximum Gasteiger partial charge on any atom is 0.316 e. The summed E-state index contributed by atoms with van der Waals surface area (Å²) < 4.78 is 5.17. The fraction of sp³-hybridized carbons (Fsp3) is 0.389. The van der Waals surface area contributed by atoms with Crippen LogP contribution in [0.5, 0.6) is 0 Å². The predicted octanol–water partition coefficient (Wildman–Crippen LogP) is 3.67. The van der Waals surface area contributed by atoms with Gasteiger partial charge in [0.25, 0.3) is 0 Å². The predicted molar refractivity (Wildman–Crippen MR) is 90.5 cm³/mol. The van der Waals surface area contributed by atoms with Crippen LogP contribution in [-0.2, 0) is 0 Å². The van der Waals surface area contributed by atoms with Crippen LogP contribution in [0.4, 0.5) is 0 Å². The number of carbonyl (C=O) groups is 1. The van der Waals surface area contributed by atoms with Gasteiger partial charge in [-0.2, -0.15) is 4.98 Å². The second-order valence-corrected chi connectivity index (χ2v) is 6.36. The Balaban J connectivity index is 1.50. The Morgan fingerprint density at radius 3 is 2.83 bits per heavy atom. The van der Waals surface area contributed by atoms with E-state index in [1.165, 1.54) is 12.8 Å². The summed E-state index contributed by atoms with van der Waals surface area (Å²) in [5.41, 5.74) is 1.88. The first kappa shape index (κ1) is 14.9. The molecule has 0 atom stereocenters. The summed E-state index contributed by atoms with van der Waals surface area (Å²) in [4.78, 5) is 19.7. The van der Waals surface area contributed by atoms with E-state index in [1.54, 1.807) is 0 Å². The molecule has 0 unspecified atom stereocenters. The van der Waals surface area contributed by atoms with Crippen LogP contribution in [0, 0.1) is 0 Å². The molecule has 124 valence electrons. The van der Waals surface area contributed by atoms with Gasteiger partial charge < -0.3 is 14.8 Å².